The van der Waals surface area contributed by atoms with Gasteiger partial charge in [-0.05, 0) is 42.5 Å². The highest BCUT2D eigenvalue weighted by molar-refractivity contribution is 6.18. The molecule has 0 N–H and O–H groups in total. The van der Waals surface area contributed by atoms with Gasteiger partial charge in [0.05, 0.1) is 16.4 Å². The van der Waals surface area contributed by atoms with E-state index in [9.17, 15) is 0 Å². The molecule has 5 nitrogen and oxygen atoms in total. The van der Waals surface area contributed by atoms with Crippen molar-refractivity contribution in [3.05, 3.63) is 97.1 Å². The van der Waals surface area contributed by atoms with Crippen molar-refractivity contribution in [2.24, 2.45) is 0 Å². The zero-order chi connectivity index (χ0) is 23.4. The van der Waals surface area contributed by atoms with Gasteiger partial charge in [-0.15, -0.1) is 0 Å². The Morgan fingerprint density at radius 3 is 2.06 bits per heavy atom. The predicted molar refractivity (Wildman–Crippen MR) is 143 cm³/mol. The predicted octanol–water partition coefficient (Wildman–Crippen LogP) is 8.72. The molecule has 0 saturated carbocycles. The summed E-state index contributed by atoms with van der Waals surface area (Å²) in [5, 5.41) is 6.39. The number of hydrogen-bond donors (Lipinski definition) is 0. The molecule has 0 saturated heterocycles. The molecule has 0 aliphatic rings. The quantitative estimate of drug-likeness (QED) is 0.244. The molecule has 5 heteroatoms. The highest BCUT2D eigenvalue weighted by Crippen LogP contribution is 2.40. The lowest BCUT2D eigenvalue weighted by Gasteiger charge is -2.01. The number of furan rings is 2. The van der Waals surface area contributed by atoms with E-state index in [0.717, 1.165) is 76.8 Å². The van der Waals surface area contributed by atoms with Gasteiger partial charge in [0.2, 0.25) is 0 Å². The van der Waals surface area contributed by atoms with Crippen molar-refractivity contribution < 1.29 is 13.3 Å². The van der Waals surface area contributed by atoms with Gasteiger partial charge in [0.25, 0.3) is 0 Å². The first kappa shape index (κ1) is 18.3. The van der Waals surface area contributed by atoms with E-state index in [2.05, 4.69) is 47.0 Å². The first-order chi connectivity index (χ1) is 17.8. The van der Waals surface area contributed by atoms with Crippen LogP contribution in [0.15, 0.2) is 110 Å². The average Bonchev–Trinajstić information content (AvgIpc) is 3.66. The van der Waals surface area contributed by atoms with Gasteiger partial charge in [-0.2, -0.15) is 4.98 Å². The molecule has 0 aliphatic carbocycles. The number of rotatable bonds is 1. The maximum atomic E-state index is 6.42. The Kier molecular flexibility index (Phi) is 3.23. The molecule has 36 heavy (non-hydrogen) atoms. The average molecular weight is 464 g/mol. The fourth-order valence-electron chi connectivity index (χ4n) is 5.68. The molecule has 0 bridgehead atoms. The van der Waals surface area contributed by atoms with Crippen LogP contribution in [0.2, 0.25) is 0 Å². The minimum absolute atomic E-state index is 0.529. The molecule has 0 radical (unpaired) electrons. The fourth-order valence-corrected chi connectivity index (χ4v) is 5.68. The summed E-state index contributed by atoms with van der Waals surface area (Å²) in [7, 11) is 0. The summed E-state index contributed by atoms with van der Waals surface area (Å²) in [6, 6.07) is 33.3. The number of oxazole rings is 1. The van der Waals surface area contributed by atoms with Crippen LogP contribution in [-0.2, 0) is 0 Å². The number of aromatic nitrogens is 2. The van der Waals surface area contributed by atoms with Crippen LogP contribution in [0, 0.1) is 0 Å². The van der Waals surface area contributed by atoms with Crippen LogP contribution in [0.1, 0.15) is 0 Å². The molecule has 0 atom stereocenters. The maximum absolute atomic E-state index is 6.42. The summed E-state index contributed by atoms with van der Waals surface area (Å²) in [5.41, 5.74) is 6.98. The molecule has 168 valence electrons. The van der Waals surface area contributed by atoms with Gasteiger partial charge in [-0.3, -0.25) is 4.57 Å². The van der Waals surface area contributed by atoms with E-state index < -0.39 is 0 Å². The number of nitrogens with zero attached hydrogens (tertiary/aromatic N) is 2. The Morgan fingerprint density at radius 1 is 0.472 bits per heavy atom. The highest BCUT2D eigenvalue weighted by Gasteiger charge is 2.21. The normalized spacial score (nSPS) is 12.4. The lowest BCUT2D eigenvalue weighted by Crippen LogP contribution is -1.93. The van der Waals surface area contributed by atoms with Crippen LogP contribution >= 0.6 is 0 Å². The summed E-state index contributed by atoms with van der Waals surface area (Å²) >= 11 is 0. The molecular formula is C31H16N2O3. The van der Waals surface area contributed by atoms with E-state index in [1.807, 2.05) is 54.6 Å². The van der Waals surface area contributed by atoms with Crippen LogP contribution in [0.25, 0.3) is 82.8 Å². The molecule has 0 amide bonds. The topological polar surface area (TPSA) is 57.2 Å². The lowest BCUT2D eigenvalue weighted by molar-refractivity contribution is 0.574. The fraction of sp³-hybridized carbons (Fsp3) is 0. The zero-order valence-corrected chi connectivity index (χ0v) is 18.9. The van der Waals surface area contributed by atoms with E-state index in [0.29, 0.717) is 6.01 Å². The molecule has 0 aliphatic heterocycles. The van der Waals surface area contributed by atoms with Crippen molar-refractivity contribution in [2.75, 3.05) is 0 Å². The van der Waals surface area contributed by atoms with E-state index in [1.165, 1.54) is 0 Å². The molecule has 4 aromatic heterocycles. The standard InChI is InChI=1S/C31H16N2O3/c1-4-10-22-17(7-1)20-16-28-21(18-8-2-5-11-24(18)35-28)15-23(20)33(22)31-32-30-27(36-31)14-13-26-29(30)19-9-3-6-12-25(19)34-26/h1-16H. The monoisotopic (exact) mass is 464 g/mol. The minimum Gasteiger partial charge on any atom is -0.456 e. The smallest absolute Gasteiger partial charge is 0.307 e. The van der Waals surface area contributed by atoms with Gasteiger partial charge in [-0.1, -0.05) is 54.6 Å². The van der Waals surface area contributed by atoms with E-state index in [-0.39, 0.29) is 0 Å². The van der Waals surface area contributed by atoms with Crippen molar-refractivity contribution in [3.8, 4) is 6.01 Å². The zero-order valence-electron chi connectivity index (χ0n) is 18.9. The van der Waals surface area contributed by atoms with Gasteiger partial charge in [0, 0.05) is 26.9 Å². The minimum atomic E-state index is 0.529. The first-order valence-corrected chi connectivity index (χ1v) is 11.9. The molecule has 9 rings (SSSR count). The SMILES string of the molecule is c1ccc2c(c1)oc1cc3c4ccccc4n(-c4nc5c(ccc6oc7ccccc7c65)o4)c3cc12. The van der Waals surface area contributed by atoms with E-state index >= 15 is 0 Å². The largest absolute Gasteiger partial charge is 0.456 e. The van der Waals surface area contributed by atoms with E-state index in [4.69, 9.17) is 18.2 Å². The number of hydrogen-bond acceptors (Lipinski definition) is 4. The van der Waals surface area contributed by atoms with Crippen molar-refractivity contribution in [2.45, 2.75) is 0 Å². The van der Waals surface area contributed by atoms with Crippen LogP contribution in [0.3, 0.4) is 0 Å². The Bertz CT molecular complexity index is 2330. The van der Waals surface area contributed by atoms with Crippen molar-refractivity contribution in [1.29, 1.82) is 0 Å². The summed E-state index contributed by atoms with van der Waals surface area (Å²) in [4.78, 5) is 5.05. The van der Waals surface area contributed by atoms with E-state index in [1.54, 1.807) is 0 Å². The third-order valence-electron chi connectivity index (χ3n) is 7.25. The first-order valence-electron chi connectivity index (χ1n) is 11.9. The number of benzene rings is 5. The molecule has 5 aromatic carbocycles. The van der Waals surface area contributed by atoms with Crippen LogP contribution in [0.5, 0.6) is 0 Å². The molecule has 4 heterocycles. The highest BCUT2D eigenvalue weighted by atomic mass is 16.4. The van der Waals surface area contributed by atoms with Crippen molar-refractivity contribution >= 4 is 76.8 Å². The van der Waals surface area contributed by atoms with Gasteiger partial charge in [0.15, 0.2) is 5.58 Å². The van der Waals surface area contributed by atoms with Gasteiger partial charge < -0.3 is 13.3 Å². The molecule has 0 fully saturated rings. The third kappa shape index (κ3) is 2.22. The van der Waals surface area contributed by atoms with Crippen LogP contribution < -0.4 is 0 Å². The number of para-hydroxylation sites is 3. The molecular weight excluding hydrogens is 448 g/mol. The third-order valence-corrected chi connectivity index (χ3v) is 7.25. The summed E-state index contributed by atoms with van der Waals surface area (Å²) in [5.74, 6) is 0. The Labute approximate surface area is 202 Å². The summed E-state index contributed by atoms with van der Waals surface area (Å²) in [6.07, 6.45) is 0. The van der Waals surface area contributed by atoms with Crippen molar-refractivity contribution in [1.82, 2.24) is 9.55 Å². The Hall–Kier alpha value is -5.03. The second-order valence-corrected chi connectivity index (χ2v) is 9.20. The van der Waals surface area contributed by atoms with Gasteiger partial charge in [-0.25, -0.2) is 0 Å². The maximum Gasteiger partial charge on any atom is 0.307 e. The van der Waals surface area contributed by atoms with Gasteiger partial charge >= 0.3 is 6.01 Å². The Morgan fingerprint density at radius 2 is 1.17 bits per heavy atom. The Balaban J connectivity index is 1.43. The second-order valence-electron chi connectivity index (χ2n) is 9.20. The molecule has 0 unspecified atom stereocenters. The van der Waals surface area contributed by atoms with Crippen LogP contribution in [0.4, 0.5) is 0 Å². The second kappa shape index (κ2) is 6.34. The summed E-state index contributed by atoms with van der Waals surface area (Å²) < 4.78 is 20.8. The van der Waals surface area contributed by atoms with Crippen molar-refractivity contribution in [3.63, 3.8) is 0 Å². The number of fused-ring (bicyclic) bond motifs is 11. The molecule has 9 aromatic rings. The van der Waals surface area contributed by atoms with Gasteiger partial charge in [0.1, 0.15) is 27.8 Å². The van der Waals surface area contributed by atoms with Crippen LogP contribution in [-0.4, -0.2) is 9.55 Å². The molecule has 0 spiro atoms. The summed E-state index contributed by atoms with van der Waals surface area (Å²) in [6.45, 7) is 0. The lowest BCUT2D eigenvalue weighted by atomic mass is 10.1.